The zero-order valence-corrected chi connectivity index (χ0v) is 24.6. The van der Waals surface area contributed by atoms with Crippen molar-refractivity contribution in [2.45, 2.75) is 74.2 Å². The number of unbranched alkanes of at least 4 members (excludes halogenated alkanes) is 1. The highest BCUT2D eigenvalue weighted by Crippen LogP contribution is 2.71. The smallest absolute Gasteiger partial charge is 0.311 e. The van der Waals surface area contributed by atoms with Gasteiger partial charge in [0, 0.05) is 11.3 Å². The number of rotatable bonds is 13. The molecule has 6 atom stereocenters. The van der Waals surface area contributed by atoms with Crippen molar-refractivity contribution >= 4 is 40.6 Å². The van der Waals surface area contributed by atoms with Crippen molar-refractivity contribution in [1.82, 2.24) is 24.8 Å². The molecule has 1 spiro atoms. The van der Waals surface area contributed by atoms with Gasteiger partial charge in [0.1, 0.15) is 18.2 Å². The number of aromatic nitrogens is 3. The third-order valence-corrected chi connectivity index (χ3v) is 10.9. The van der Waals surface area contributed by atoms with Crippen LogP contribution in [0.15, 0.2) is 49.6 Å². The molecule has 3 aliphatic rings. The van der Waals surface area contributed by atoms with Crippen LogP contribution >= 0.6 is 11.8 Å². The number of hydrogen-bond acceptors (Lipinski definition) is 8. The first-order chi connectivity index (χ1) is 19.8. The Morgan fingerprint density at radius 2 is 2.07 bits per heavy atom. The number of thioether (sulfide) groups is 1. The summed E-state index contributed by atoms with van der Waals surface area (Å²) >= 11 is 1.59. The van der Waals surface area contributed by atoms with Crippen LogP contribution in [0.2, 0.25) is 0 Å². The van der Waals surface area contributed by atoms with E-state index >= 15 is 0 Å². The maximum atomic E-state index is 14.6. The van der Waals surface area contributed by atoms with Crippen LogP contribution in [-0.2, 0) is 25.8 Å². The van der Waals surface area contributed by atoms with Gasteiger partial charge in [-0.3, -0.25) is 14.4 Å². The van der Waals surface area contributed by atoms with Gasteiger partial charge in [0.25, 0.3) is 0 Å². The van der Waals surface area contributed by atoms with E-state index < -0.39 is 33.4 Å². The molecule has 0 saturated carbocycles. The number of amides is 2. The van der Waals surface area contributed by atoms with Crippen LogP contribution in [-0.4, -0.2) is 89.0 Å². The average Bonchev–Trinajstić information content (AvgIpc) is 3.67. The van der Waals surface area contributed by atoms with E-state index in [-0.39, 0.29) is 44.2 Å². The fraction of sp³-hybridized carbons (Fsp3) is 0.567. The summed E-state index contributed by atoms with van der Waals surface area (Å²) in [5, 5.41) is 18.8. The van der Waals surface area contributed by atoms with Crippen LogP contribution in [0.3, 0.4) is 0 Å². The molecule has 0 radical (unpaired) electrons. The molecule has 11 heteroatoms. The van der Waals surface area contributed by atoms with Crippen molar-refractivity contribution < 1.29 is 24.2 Å². The van der Waals surface area contributed by atoms with E-state index in [1.54, 1.807) is 38.4 Å². The molecule has 3 fully saturated rings. The molecule has 41 heavy (non-hydrogen) atoms. The molecule has 3 aliphatic heterocycles. The van der Waals surface area contributed by atoms with Crippen LogP contribution < -0.4 is 0 Å². The first kappa shape index (κ1) is 29.3. The summed E-state index contributed by atoms with van der Waals surface area (Å²) in [6.45, 7) is 11.8. The molecule has 2 unspecified atom stereocenters. The molecular formula is C30H39N5O5S. The third-order valence-electron chi connectivity index (χ3n) is 8.96. The Morgan fingerprint density at radius 1 is 1.29 bits per heavy atom. The number of aliphatic hydroxyl groups excluding tert-OH is 1. The van der Waals surface area contributed by atoms with Gasteiger partial charge in [-0.25, -0.2) is 4.68 Å². The molecule has 5 rings (SSSR count). The van der Waals surface area contributed by atoms with E-state index in [2.05, 4.69) is 23.5 Å². The topological polar surface area (TPSA) is 118 Å². The van der Waals surface area contributed by atoms with Gasteiger partial charge in [0.2, 0.25) is 11.8 Å². The Morgan fingerprint density at radius 3 is 2.78 bits per heavy atom. The quantitative estimate of drug-likeness (QED) is 0.218. The number of carbonyl (C=O) groups excluding carboxylic acids is 3. The minimum Gasteiger partial charge on any atom is -0.465 e. The first-order valence-corrected chi connectivity index (χ1v) is 15.2. The van der Waals surface area contributed by atoms with Gasteiger partial charge in [-0.15, -0.1) is 30.0 Å². The summed E-state index contributed by atoms with van der Waals surface area (Å²) in [6, 6.07) is 6.12. The summed E-state index contributed by atoms with van der Waals surface area (Å²) in [5.74, 6) is -2.25. The van der Waals surface area contributed by atoms with Gasteiger partial charge in [-0.1, -0.05) is 36.4 Å². The molecule has 2 bridgehead atoms. The lowest BCUT2D eigenvalue weighted by molar-refractivity contribution is -0.156. The molecule has 1 aromatic heterocycles. The van der Waals surface area contributed by atoms with E-state index in [1.807, 2.05) is 38.1 Å². The van der Waals surface area contributed by atoms with Crippen molar-refractivity contribution in [3.63, 3.8) is 0 Å². The summed E-state index contributed by atoms with van der Waals surface area (Å²) in [6.07, 6.45) is 6.62. The number of allylic oxidation sites excluding steroid dienone is 1. The number of hydrogen-bond donors (Lipinski definition) is 1. The SMILES string of the molecule is C=CCCCOC(=O)[C@@H]1[C@H]2C(=O)N([C@@H](CC)CO)C(C(=O)N(CC=C)Cn3nnc4ccccc43)C23CC[C@@]1(C)S3. The molecule has 2 amide bonds. The van der Waals surface area contributed by atoms with E-state index in [9.17, 15) is 19.5 Å². The molecule has 220 valence electrons. The highest BCUT2D eigenvalue weighted by molar-refractivity contribution is 8.02. The second-order valence-corrected chi connectivity index (χ2v) is 13.3. The maximum absolute atomic E-state index is 14.6. The van der Waals surface area contributed by atoms with Gasteiger partial charge in [-0.05, 0) is 51.2 Å². The third kappa shape index (κ3) is 4.76. The van der Waals surface area contributed by atoms with Crippen molar-refractivity contribution in [1.29, 1.82) is 0 Å². The Hall–Kier alpha value is -3.18. The van der Waals surface area contributed by atoms with Gasteiger partial charge in [0.05, 0.1) is 41.4 Å². The number of carbonyl (C=O) groups is 3. The van der Waals surface area contributed by atoms with Gasteiger partial charge in [0.15, 0.2) is 0 Å². The number of para-hydroxylation sites is 1. The Labute approximate surface area is 244 Å². The predicted octanol–water partition coefficient (Wildman–Crippen LogP) is 3.17. The highest BCUT2D eigenvalue weighted by Gasteiger charge is 2.78. The second kappa shape index (κ2) is 11.6. The van der Waals surface area contributed by atoms with Crippen LogP contribution in [0.5, 0.6) is 0 Å². The molecule has 0 aliphatic carbocycles. The standard InChI is InChI=1S/C30H39N5O5S/c1-5-8-11-17-40-28(39)24-23-26(37)35(20(7-3)18-36)25(30(23)15-14-29(24,4)41-30)27(38)33(16-6-2)19-34-22-13-10-9-12-21(22)31-32-34/h5-6,9-10,12-13,20,23-25,36H,1-2,7-8,11,14-19H2,3-4H3/t20-,23-,24-,25?,29+,30?/m0/s1. The van der Waals surface area contributed by atoms with Gasteiger partial charge in [-0.2, -0.15) is 0 Å². The molecule has 1 aromatic carbocycles. The van der Waals surface area contributed by atoms with Crippen molar-refractivity contribution in [3.05, 3.63) is 49.6 Å². The fourth-order valence-electron chi connectivity index (χ4n) is 7.03. The molecule has 4 heterocycles. The zero-order valence-electron chi connectivity index (χ0n) is 23.8. The second-order valence-electron chi connectivity index (χ2n) is 11.4. The average molecular weight is 582 g/mol. The monoisotopic (exact) mass is 581 g/mol. The number of nitrogens with zero attached hydrogens (tertiary/aromatic N) is 5. The lowest BCUT2D eigenvalue weighted by atomic mass is 9.66. The Kier molecular flexibility index (Phi) is 8.29. The summed E-state index contributed by atoms with van der Waals surface area (Å²) in [4.78, 5) is 45.7. The Bertz CT molecular complexity index is 1340. The van der Waals surface area contributed by atoms with E-state index in [1.165, 1.54) is 0 Å². The van der Waals surface area contributed by atoms with E-state index in [0.717, 1.165) is 11.9 Å². The molecule has 2 aromatic rings. The van der Waals surface area contributed by atoms with Crippen molar-refractivity contribution in [2.24, 2.45) is 11.8 Å². The molecule has 1 N–H and O–H groups in total. The highest BCUT2D eigenvalue weighted by atomic mass is 32.2. The van der Waals surface area contributed by atoms with Crippen LogP contribution in [0.4, 0.5) is 0 Å². The van der Waals surface area contributed by atoms with E-state index in [4.69, 9.17) is 4.74 Å². The van der Waals surface area contributed by atoms with Crippen LogP contribution in [0.1, 0.15) is 46.0 Å². The van der Waals surface area contributed by atoms with Crippen LogP contribution in [0, 0.1) is 11.8 Å². The van der Waals surface area contributed by atoms with Gasteiger partial charge < -0.3 is 19.6 Å². The largest absolute Gasteiger partial charge is 0.465 e. The maximum Gasteiger partial charge on any atom is 0.311 e. The van der Waals surface area contributed by atoms with Crippen LogP contribution in [0.25, 0.3) is 11.0 Å². The normalized spacial score (nSPS) is 29.0. The summed E-state index contributed by atoms with van der Waals surface area (Å²) in [5.41, 5.74) is 1.50. The number of likely N-dealkylation sites (tertiary alicyclic amines) is 1. The number of ether oxygens (including phenoxy) is 1. The zero-order chi connectivity index (χ0) is 29.4. The predicted molar refractivity (Wildman–Crippen MR) is 157 cm³/mol. The minimum absolute atomic E-state index is 0.122. The lowest BCUT2D eigenvalue weighted by Gasteiger charge is -2.39. The number of benzene rings is 1. The number of esters is 1. The molecular weight excluding hydrogens is 542 g/mol. The first-order valence-electron chi connectivity index (χ1n) is 14.3. The number of fused-ring (bicyclic) bond motifs is 2. The fourth-order valence-corrected chi connectivity index (χ4v) is 9.35. The number of aliphatic hydroxyl groups is 1. The molecule has 3 saturated heterocycles. The van der Waals surface area contributed by atoms with E-state index in [0.29, 0.717) is 31.2 Å². The molecule has 10 nitrogen and oxygen atoms in total. The Balaban J connectivity index is 1.52. The van der Waals surface area contributed by atoms with Gasteiger partial charge >= 0.3 is 5.97 Å². The summed E-state index contributed by atoms with van der Waals surface area (Å²) in [7, 11) is 0. The minimum atomic E-state index is -0.850. The van der Waals surface area contributed by atoms with Crippen molar-refractivity contribution in [3.8, 4) is 0 Å². The lowest BCUT2D eigenvalue weighted by Crippen LogP contribution is -2.57. The summed E-state index contributed by atoms with van der Waals surface area (Å²) < 4.78 is 6.03. The van der Waals surface area contributed by atoms with Crippen molar-refractivity contribution in [2.75, 3.05) is 19.8 Å².